The van der Waals surface area contributed by atoms with Crippen molar-refractivity contribution in [2.45, 2.75) is 25.9 Å². The fraction of sp³-hybridized carbons (Fsp3) is 0.571. The largest absolute Gasteiger partial charge is 0.315 e. The van der Waals surface area contributed by atoms with E-state index in [0.29, 0.717) is 6.04 Å². The maximum Gasteiger partial charge on any atom is 0.0261 e. The van der Waals surface area contributed by atoms with E-state index in [0.717, 1.165) is 19.0 Å². The van der Waals surface area contributed by atoms with Crippen LogP contribution >= 0.6 is 15.9 Å². The molecule has 1 aliphatic heterocycles. The minimum absolute atomic E-state index is 0.673. The molecule has 0 amide bonds. The Morgan fingerprint density at radius 1 is 1.35 bits per heavy atom. The second kappa shape index (κ2) is 5.98. The van der Waals surface area contributed by atoms with Crippen molar-refractivity contribution >= 4 is 15.9 Å². The van der Waals surface area contributed by atoms with E-state index in [-0.39, 0.29) is 0 Å². The SMILES string of the molecule is CCC1CNCC1N(C)Cc1ccccc1Br. The highest BCUT2D eigenvalue weighted by molar-refractivity contribution is 9.10. The van der Waals surface area contributed by atoms with Crippen LogP contribution in [0.1, 0.15) is 18.9 Å². The minimum Gasteiger partial charge on any atom is -0.315 e. The summed E-state index contributed by atoms with van der Waals surface area (Å²) in [4.78, 5) is 2.48. The molecule has 0 aliphatic carbocycles. The molecule has 1 fully saturated rings. The predicted octanol–water partition coefficient (Wildman–Crippen LogP) is 2.88. The van der Waals surface area contributed by atoms with E-state index < -0.39 is 0 Å². The molecule has 1 heterocycles. The summed E-state index contributed by atoms with van der Waals surface area (Å²) in [6, 6.07) is 9.17. The maximum atomic E-state index is 3.62. The van der Waals surface area contributed by atoms with Crippen molar-refractivity contribution in [2.24, 2.45) is 5.92 Å². The van der Waals surface area contributed by atoms with Gasteiger partial charge < -0.3 is 5.32 Å². The number of hydrogen-bond donors (Lipinski definition) is 1. The van der Waals surface area contributed by atoms with Crippen LogP contribution in [0.2, 0.25) is 0 Å². The lowest BCUT2D eigenvalue weighted by Crippen LogP contribution is -2.37. The molecule has 0 spiro atoms. The molecule has 1 aromatic carbocycles. The Labute approximate surface area is 113 Å². The molecule has 1 N–H and O–H groups in total. The van der Waals surface area contributed by atoms with E-state index in [1.54, 1.807) is 0 Å². The average molecular weight is 297 g/mol. The number of nitrogens with one attached hydrogen (secondary N) is 1. The van der Waals surface area contributed by atoms with Crippen molar-refractivity contribution in [1.29, 1.82) is 0 Å². The lowest BCUT2D eigenvalue weighted by molar-refractivity contribution is 0.200. The van der Waals surface area contributed by atoms with Crippen LogP contribution in [0.15, 0.2) is 28.7 Å². The second-order valence-electron chi connectivity index (χ2n) is 4.90. The Hall–Kier alpha value is -0.380. The van der Waals surface area contributed by atoms with Crippen LogP contribution in [0.4, 0.5) is 0 Å². The van der Waals surface area contributed by atoms with Crippen molar-refractivity contribution in [1.82, 2.24) is 10.2 Å². The highest BCUT2D eigenvalue weighted by atomic mass is 79.9. The molecule has 1 saturated heterocycles. The summed E-state index contributed by atoms with van der Waals surface area (Å²) in [6.07, 6.45) is 1.26. The van der Waals surface area contributed by atoms with Gasteiger partial charge in [0.05, 0.1) is 0 Å². The third-order valence-electron chi connectivity index (χ3n) is 3.77. The van der Waals surface area contributed by atoms with Gasteiger partial charge in [-0.05, 0) is 31.1 Å². The summed E-state index contributed by atoms with van der Waals surface area (Å²) in [5.74, 6) is 0.794. The van der Waals surface area contributed by atoms with Gasteiger partial charge in [0.15, 0.2) is 0 Å². The first-order valence-corrected chi connectivity index (χ1v) is 7.16. The summed E-state index contributed by atoms with van der Waals surface area (Å²) < 4.78 is 1.21. The summed E-state index contributed by atoms with van der Waals surface area (Å²) in [6.45, 7) is 5.60. The Balaban J connectivity index is 2.01. The molecular formula is C14H21BrN2. The fourth-order valence-electron chi connectivity index (χ4n) is 2.66. The number of nitrogens with zero attached hydrogens (tertiary/aromatic N) is 1. The molecule has 0 bridgehead atoms. The number of rotatable bonds is 4. The number of halogens is 1. The van der Waals surface area contributed by atoms with Crippen LogP contribution in [0.5, 0.6) is 0 Å². The molecule has 2 rings (SSSR count). The minimum atomic E-state index is 0.673. The predicted molar refractivity (Wildman–Crippen MR) is 76.0 cm³/mol. The number of likely N-dealkylation sites (N-methyl/N-ethyl adjacent to an activating group) is 1. The van der Waals surface area contributed by atoms with Gasteiger partial charge in [0.1, 0.15) is 0 Å². The summed E-state index contributed by atoms with van der Waals surface area (Å²) in [5.41, 5.74) is 1.37. The highest BCUT2D eigenvalue weighted by Crippen LogP contribution is 2.22. The van der Waals surface area contributed by atoms with Crippen LogP contribution in [0.25, 0.3) is 0 Å². The molecule has 0 radical (unpaired) electrons. The first-order valence-electron chi connectivity index (χ1n) is 6.36. The molecule has 2 atom stereocenters. The van der Waals surface area contributed by atoms with Crippen molar-refractivity contribution in [2.75, 3.05) is 20.1 Å². The van der Waals surface area contributed by atoms with E-state index in [9.17, 15) is 0 Å². The number of benzene rings is 1. The van der Waals surface area contributed by atoms with Crippen LogP contribution in [0.3, 0.4) is 0 Å². The summed E-state index contributed by atoms with van der Waals surface area (Å²) >= 11 is 3.62. The van der Waals surface area contributed by atoms with Gasteiger partial charge in [-0.15, -0.1) is 0 Å². The maximum absolute atomic E-state index is 3.62. The van der Waals surface area contributed by atoms with E-state index in [1.165, 1.54) is 23.0 Å². The number of hydrogen-bond acceptors (Lipinski definition) is 2. The van der Waals surface area contributed by atoms with Crippen molar-refractivity contribution in [3.05, 3.63) is 34.3 Å². The van der Waals surface area contributed by atoms with Gasteiger partial charge in [-0.1, -0.05) is 47.5 Å². The van der Waals surface area contributed by atoms with Crippen LogP contribution in [0, 0.1) is 5.92 Å². The Morgan fingerprint density at radius 2 is 2.12 bits per heavy atom. The third-order valence-corrected chi connectivity index (χ3v) is 4.55. The lowest BCUT2D eigenvalue weighted by Gasteiger charge is -2.28. The Morgan fingerprint density at radius 3 is 2.82 bits per heavy atom. The van der Waals surface area contributed by atoms with E-state index in [2.05, 4.69) is 64.4 Å². The Kier molecular flexibility index (Phi) is 4.60. The molecule has 17 heavy (non-hydrogen) atoms. The van der Waals surface area contributed by atoms with Crippen LogP contribution in [-0.4, -0.2) is 31.1 Å². The van der Waals surface area contributed by atoms with Gasteiger partial charge in [-0.3, -0.25) is 4.90 Å². The third kappa shape index (κ3) is 3.09. The molecule has 1 aromatic rings. The molecular weight excluding hydrogens is 276 g/mol. The molecule has 94 valence electrons. The lowest BCUT2D eigenvalue weighted by atomic mass is 9.99. The smallest absolute Gasteiger partial charge is 0.0261 e. The summed E-state index contributed by atoms with van der Waals surface area (Å²) in [7, 11) is 2.24. The quantitative estimate of drug-likeness (QED) is 0.919. The molecule has 0 saturated carbocycles. The van der Waals surface area contributed by atoms with Gasteiger partial charge in [0.25, 0.3) is 0 Å². The van der Waals surface area contributed by atoms with Crippen molar-refractivity contribution < 1.29 is 0 Å². The van der Waals surface area contributed by atoms with Gasteiger partial charge >= 0.3 is 0 Å². The highest BCUT2D eigenvalue weighted by Gasteiger charge is 2.28. The standard InChI is InChI=1S/C14H21BrN2/c1-3-11-8-16-9-14(11)17(2)10-12-6-4-5-7-13(12)15/h4-7,11,14,16H,3,8-10H2,1-2H3. The zero-order chi connectivity index (χ0) is 12.3. The van der Waals surface area contributed by atoms with Gasteiger partial charge in [0.2, 0.25) is 0 Å². The summed E-state index contributed by atoms with van der Waals surface area (Å²) in [5, 5.41) is 3.50. The van der Waals surface area contributed by atoms with E-state index >= 15 is 0 Å². The monoisotopic (exact) mass is 296 g/mol. The van der Waals surface area contributed by atoms with Crippen LogP contribution in [-0.2, 0) is 6.54 Å². The molecule has 0 aromatic heterocycles. The van der Waals surface area contributed by atoms with Gasteiger partial charge in [-0.2, -0.15) is 0 Å². The average Bonchev–Trinajstić information content (AvgIpc) is 2.80. The van der Waals surface area contributed by atoms with Gasteiger partial charge in [0, 0.05) is 23.6 Å². The molecule has 2 nitrogen and oxygen atoms in total. The van der Waals surface area contributed by atoms with Crippen molar-refractivity contribution in [3.8, 4) is 0 Å². The van der Waals surface area contributed by atoms with Crippen molar-refractivity contribution in [3.63, 3.8) is 0 Å². The first-order chi connectivity index (χ1) is 8.22. The second-order valence-corrected chi connectivity index (χ2v) is 5.75. The topological polar surface area (TPSA) is 15.3 Å². The van der Waals surface area contributed by atoms with E-state index in [1.807, 2.05) is 0 Å². The molecule has 2 unspecified atom stereocenters. The molecule has 1 aliphatic rings. The fourth-order valence-corrected chi connectivity index (χ4v) is 3.07. The van der Waals surface area contributed by atoms with Crippen LogP contribution < -0.4 is 5.32 Å². The first kappa shape index (κ1) is 13.1. The Bertz CT molecular complexity index is 367. The normalized spacial score (nSPS) is 24.5. The molecule has 3 heteroatoms. The zero-order valence-electron chi connectivity index (χ0n) is 10.6. The van der Waals surface area contributed by atoms with Gasteiger partial charge in [-0.25, -0.2) is 0 Å². The zero-order valence-corrected chi connectivity index (χ0v) is 12.2. The van der Waals surface area contributed by atoms with E-state index in [4.69, 9.17) is 0 Å².